The average Bonchev–Trinajstić information content (AvgIpc) is 2.60. The maximum atomic E-state index is 12.2. The van der Waals surface area contributed by atoms with Crippen molar-refractivity contribution in [2.75, 3.05) is 5.32 Å². The van der Waals surface area contributed by atoms with E-state index in [1.165, 1.54) is 44.3 Å². The summed E-state index contributed by atoms with van der Waals surface area (Å²) < 4.78 is 50.5. The lowest BCUT2D eigenvalue weighted by Crippen LogP contribution is -2.42. The van der Waals surface area contributed by atoms with E-state index < -0.39 is 24.1 Å². The molecule has 3 rings (SSSR count). The summed E-state index contributed by atoms with van der Waals surface area (Å²) in [6.45, 7) is 2.90. The van der Waals surface area contributed by atoms with E-state index in [1.807, 2.05) is 0 Å². The fourth-order valence-electron chi connectivity index (χ4n) is 2.54. The fraction of sp³-hybridized carbons (Fsp3) is 0.200. The molecule has 0 unspecified atom stereocenters. The van der Waals surface area contributed by atoms with Crippen LogP contribution < -0.4 is 10.1 Å². The minimum Gasteiger partial charge on any atom is -0.419 e. The van der Waals surface area contributed by atoms with Crippen molar-refractivity contribution >= 4 is 17.6 Å². The van der Waals surface area contributed by atoms with Crippen LogP contribution in [0, 0.1) is 0 Å². The Labute approximate surface area is 163 Å². The minimum absolute atomic E-state index is 0.270. The van der Waals surface area contributed by atoms with E-state index in [4.69, 9.17) is 9.47 Å². The van der Waals surface area contributed by atoms with Gasteiger partial charge in [0.2, 0.25) is 0 Å². The molecule has 29 heavy (non-hydrogen) atoms. The van der Waals surface area contributed by atoms with Crippen LogP contribution in [-0.2, 0) is 19.1 Å². The van der Waals surface area contributed by atoms with E-state index in [0.29, 0.717) is 11.3 Å². The Morgan fingerprint density at radius 2 is 1.38 bits per heavy atom. The molecule has 0 atom stereocenters. The Hall–Kier alpha value is -3.49. The van der Waals surface area contributed by atoms with Crippen molar-refractivity contribution in [3.63, 3.8) is 0 Å². The van der Waals surface area contributed by atoms with E-state index in [2.05, 4.69) is 10.1 Å². The van der Waals surface area contributed by atoms with Gasteiger partial charge in [0.05, 0.1) is 0 Å². The number of nitrogens with one attached hydrogen (secondary N) is 1. The smallest absolute Gasteiger partial charge is 0.419 e. The van der Waals surface area contributed by atoms with Crippen LogP contribution >= 0.6 is 0 Å². The Bertz CT molecular complexity index is 926. The first-order valence-electron chi connectivity index (χ1n) is 8.42. The van der Waals surface area contributed by atoms with E-state index in [1.54, 1.807) is 24.3 Å². The number of hydrogen-bond donors (Lipinski definition) is 1. The van der Waals surface area contributed by atoms with Gasteiger partial charge in [-0.25, -0.2) is 9.59 Å². The zero-order chi connectivity index (χ0) is 21.2. The van der Waals surface area contributed by atoms with Gasteiger partial charge in [0.25, 0.3) is 5.79 Å². The summed E-state index contributed by atoms with van der Waals surface area (Å²) in [7, 11) is 0. The molecule has 2 aromatic carbocycles. The molecular weight excluding hydrogens is 391 g/mol. The molecule has 0 radical (unpaired) electrons. The molecule has 9 heteroatoms. The number of esters is 2. The first-order valence-corrected chi connectivity index (χ1v) is 8.42. The lowest BCUT2D eigenvalue weighted by Gasteiger charge is -2.29. The molecule has 6 nitrogen and oxygen atoms in total. The van der Waals surface area contributed by atoms with Crippen molar-refractivity contribution in [1.82, 2.24) is 0 Å². The number of anilines is 1. The predicted molar refractivity (Wildman–Crippen MR) is 96.5 cm³/mol. The van der Waals surface area contributed by atoms with Gasteiger partial charge in [-0.05, 0) is 35.4 Å². The van der Waals surface area contributed by atoms with E-state index in [9.17, 15) is 22.8 Å². The largest absolute Gasteiger partial charge is 0.573 e. The van der Waals surface area contributed by atoms with Crippen LogP contribution in [0.15, 0.2) is 60.3 Å². The topological polar surface area (TPSA) is 73.9 Å². The number of carbonyl (C=O) groups excluding carboxylic acids is 2. The molecule has 0 bridgehead atoms. The lowest BCUT2D eigenvalue weighted by molar-refractivity contribution is -0.274. The number of cyclic esters (lactones) is 2. The van der Waals surface area contributed by atoms with Crippen LogP contribution in [0.2, 0.25) is 0 Å². The van der Waals surface area contributed by atoms with Crippen LogP contribution in [0.3, 0.4) is 0 Å². The first kappa shape index (κ1) is 20.2. The molecule has 0 aliphatic carbocycles. The number of halogens is 3. The highest BCUT2D eigenvalue weighted by Crippen LogP contribution is 2.27. The summed E-state index contributed by atoms with van der Waals surface area (Å²) in [5.74, 6) is -3.21. The molecule has 2 aromatic rings. The molecule has 1 aliphatic heterocycles. The Balaban J connectivity index is 1.68. The van der Waals surface area contributed by atoms with Gasteiger partial charge in [-0.2, -0.15) is 0 Å². The van der Waals surface area contributed by atoms with Crippen LogP contribution in [0.25, 0.3) is 11.1 Å². The van der Waals surface area contributed by atoms with Crippen LogP contribution in [0.4, 0.5) is 18.9 Å². The Morgan fingerprint density at radius 1 is 0.897 bits per heavy atom. The van der Waals surface area contributed by atoms with Gasteiger partial charge in [-0.3, -0.25) is 0 Å². The van der Waals surface area contributed by atoms with Gasteiger partial charge in [0, 0.05) is 25.7 Å². The van der Waals surface area contributed by atoms with Gasteiger partial charge >= 0.3 is 18.3 Å². The molecule has 0 amide bonds. The van der Waals surface area contributed by atoms with Crippen LogP contribution in [0.5, 0.6) is 5.75 Å². The van der Waals surface area contributed by atoms with Crippen molar-refractivity contribution in [2.24, 2.45) is 0 Å². The fourth-order valence-corrected chi connectivity index (χ4v) is 2.54. The third-order valence-corrected chi connectivity index (χ3v) is 3.81. The molecule has 1 aliphatic rings. The Kier molecular flexibility index (Phi) is 5.23. The summed E-state index contributed by atoms with van der Waals surface area (Å²) in [5.41, 5.74) is 1.74. The van der Waals surface area contributed by atoms with Gasteiger partial charge in [-0.15, -0.1) is 13.2 Å². The number of carbonyl (C=O) groups is 2. The zero-order valence-corrected chi connectivity index (χ0v) is 15.4. The minimum atomic E-state index is -4.74. The molecule has 1 heterocycles. The highest BCUT2D eigenvalue weighted by molar-refractivity contribution is 6.15. The maximum Gasteiger partial charge on any atom is 0.573 e. The molecule has 1 fully saturated rings. The quantitative estimate of drug-likeness (QED) is 0.461. The van der Waals surface area contributed by atoms with Gasteiger partial charge < -0.3 is 19.5 Å². The normalized spacial score (nSPS) is 16.0. The molecule has 0 aromatic heterocycles. The number of hydrogen-bond acceptors (Lipinski definition) is 6. The van der Waals surface area contributed by atoms with Crippen molar-refractivity contribution in [2.45, 2.75) is 26.0 Å². The summed E-state index contributed by atoms with van der Waals surface area (Å²) in [4.78, 5) is 23.8. The molecular formula is C20H16F3NO5. The van der Waals surface area contributed by atoms with Crippen molar-refractivity contribution in [3.8, 4) is 16.9 Å². The summed E-state index contributed by atoms with van der Waals surface area (Å²) in [6, 6.07) is 12.2. The second kappa shape index (κ2) is 7.50. The van der Waals surface area contributed by atoms with Gasteiger partial charge in [0.15, 0.2) is 5.57 Å². The highest BCUT2D eigenvalue weighted by atomic mass is 19.4. The van der Waals surface area contributed by atoms with Gasteiger partial charge in [0.1, 0.15) is 5.75 Å². The van der Waals surface area contributed by atoms with E-state index in [0.717, 1.165) is 5.56 Å². The van der Waals surface area contributed by atoms with Crippen LogP contribution in [0.1, 0.15) is 13.8 Å². The standard InChI is InChI=1S/C20H16F3NO5/c1-19(2)28-17(25)16(18(26)29-19)11-24-14-7-3-12(4-8-14)13-5-9-15(10-6-13)27-20(21,22)23/h3-11,24H,1-2H3. The number of ether oxygens (including phenoxy) is 3. The third-order valence-electron chi connectivity index (χ3n) is 3.81. The van der Waals surface area contributed by atoms with Crippen molar-refractivity contribution in [3.05, 3.63) is 60.3 Å². The molecule has 0 saturated carbocycles. The van der Waals surface area contributed by atoms with Crippen LogP contribution in [-0.4, -0.2) is 24.1 Å². The van der Waals surface area contributed by atoms with Crippen molar-refractivity contribution in [1.29, 1.82) is 0 Å². The second-order valence-electron chi connectivity index (χ2n) is 6.53. The van der Waals surface area contributed by atoms with Gasteiger partial charge in [-0.1, -0.05) is 24.3 Å². The zero-order valence-electron chi connectivity index (χ0n) is 15.4. The third kappa shape index (κ3) is 5.28. The maximum absolute atomic E-state index is 12.2. The lowest BCUT2D eigenvalue weighted by atomic mass is 10.1. The summed E-state index contributed by atoms with van der Waals surface area (Å²) in [5, 5.41) is 2.81. The number of rotatable bonds is 4. The second-order valence-corrected chi connectivity index (χ2v) is 6.53. The highest BCUT2D eigenvalue weighted by Gasteiger charge is 2.38. The first-order chi connectivity index (χ1) is 13.5. The predicted octanol–water partition coefficient (Wildman–Crippen LogP) is 4.38. The Morgan fingerprint density at radius 3 is 1.86 bits per heavy atom. The molecule has 0 spiro atoms. The number of alkyl halides is 3. The molecule has 152 valence electrons. The molecule has 1 saturated heterocycles. The number of benzene rings is 2. The van der Waals surface area contributed by atoms with E-state index in [-0.39, 0.29) is 11.3 Å². The average molecular weight is 407 g/mol. The summed E-state index contributed by atoms with van der Waals surface area (Å²) in [6.07, 6.45) is -3.55. The SMILES string of the molecule is CC1(C)OC(=O)C(=CNc2ccc(-c3ccc(OC(F)(F)F)cc3)cc2)C(=O)O1. The monoisotopic (exact) mass is 407 g/mol. The van der Waals surface area contributed by atoms with Crippen molar-refractivity contribution < 1.29 is 37.0 Å². The summed E-state index contributed by atoms with van der Waals surface area (Å²) >= 11 is 0. The molecule has 1 N–H and O–H groups in total. The van der Waals surface area contributed by atoms with E-state index >= 15 is 0 Å².